The number of benzene rings is 1. The molecule has 0 aromatic heterocycles. The lowest BCUT2D eigenvalue weighted by Crippen LogP contribution is -2.24. The summed E-state index contributed by atoms with van der Waals surface area (Å²) >= 11 is 12.3. The van der Waals surface area contributed by atoms with Gasteiger partial charge in [0.25, 0.3) is 0 Å². The van der Waals surface area contributed by atoms with Crippen LogP contribution < -0.4 is 4.74 Å². The minimum Gasteiger partial charge on any atom is -0.493 e. The Kier molecular flexibility index (Phi) is 4.13. The number of fused-ring (bicyclic) bond motifs is 1. The van der Waals surface area contributed by atoms with Gasteiger partial charge in [-0.25, -0.2) is 0 Å². The van der Waals surface area contributed by atoms with Gasteiger partial charge in [-0.3, -0.25) is 0 Å². The molecule has 1 aromatic rings. The predicted molar refractivity (Wildman–Crippen MR) is 78.0 cm³/mol. The molecule has 1 aromatic carbocycles. The van der Waals surface area contributed by atoms with Crippen LogP contribution in [0, 0.1) is 11.3 Å². The number of hydrogen-bond acceptors (Lipinski definition) is 1. The molecule has 100 valence electrons. The van der Waals surface area contributed by atoms with E-state index >= 15 is 0 Å². The first-order chi connectivity index (χ1) is 8.41. The van der Waals surface area contributed by atoms with E-state index in [0.717, 1.165) is 30.2 Å². The quantitative estimate of drug-likeness (QED) is 0.731. The van der Waals surface area contributed by atoms with E-state index in [1.807, 2.05) is 12.1 Å². The van der Waals surface area contributed by atoms with E-state index < -0.39 is 0 Å². The summed E-state index contributed by atoms with van der Waals surface area (Å²) in [5.74, 6) is 2.12. The molecule has 1 nitrogen and oxygen atoms in total. The van der Waals surface area contributed by atoms with Crippen molar-refractivity contribution in [3.63, 3.8) is 0 Å². The van der Waals surface area contributed by atoms with Crippen LogP contribution in [-0.2, 0) is 12.8 Å². The van der Waals surface area contributed by atoms with E-state index in [9.17, 15) is 0 Å². The Labute approximate surface area is 119 Å². The average Bonchev–Trinajstić information content (AvgIpc) is 2.71. The maximum atomic E-state index is 6.18. The molecule has 1 unspecified atom stereocenters. The van der Waals surface area contributed by atoms with Crippen LogP contribution in [0.25, 0.3) is 0 Å². The molecular formula is C15H20Cl2O. The van der Waals surface area contributed by atoms with E-state index in [4.69, 9.17) is 27.9 Å². The zero-order valence-electron chi connectivity index (χ0n) is 11.2. The third kappa shape index (κ3) is 2.95. The standard InChI is InChI=1S/C15H20Cl2O/c1-15(2,3)12(9-16)6-11-8-13(17)7-10-4-5-18-14(10)11/h7-8,12H,4-6,9H2,1-3H3. The molecule has 1 aliphatic heterocycles. The van der Waals surface area contributed by atoms with Gasteiger partial charge in [0, 0.05) is 17.3 Å². The topological polar surface area (TPSA) is 9.23 Å². The van der Waals surface area contributed by atoms with Crippen molar-refractivity contribution in [3.8, 4) is 5.75 Å². The fourth-order valence-electron chi connectivity index (χ4n) is 2.36. The van der Waals surface area contributed by atoms with Gasteiger partial charge >= 0.3 is 0 Å². The average molecular weight is 287 g/mol. The van der Waals surface area contributed by atoms with Gasteiger partial charge in [-0.05, 0) is 41.0 Å². The molecule has 18 heavy (non-hydrogen) atoms. The molecule has 0 amide bonds. The highest BCUT2D eigenvalue weighted by atomic mass is 35.5. The predicted octanol–water partition coefficient (Wildman–Crippen LogP) is 4.72. The van der Waals surface area contributed by atoms with E-state index in [0.29, 0.717) is 11.8 Å². The summed E-state index contributed by atoms with van der Waals surface area (Å²) in [6, 6.07) is 4.04. The highest BCUT2D eigenvalue weighted by Gasteiger charge is 2.27. The van der Waals surface area contributed by atoms with Crippen LogP contribution in [0.4, 0.5) is 0 Å². The van der Waals surface area contributed by atoms with Crippen molar-refractivity contribution in [1.82, 2.24) is 0 Å². The smallest absolute Gasteiger partial charge is 0.125 e. The van der Waals surface area contributed by atoms with Crippen LogP contribution in [0.2, 0.25) is 5.02 Å². The summed E-state index contributed by atoms with van der Waals surface area (Å²) in [4.78, 5) is 0. The molecular weight excluding hydrogens is 267 g/mol. The highest BCUT2D eigenvalue weighted by Crippen LogP contribution is 2.37. The van der Waals surface area contributed by atoms with Gasteiger partial charge in [0.15, 0.2) is 0 Å². The van der Waals surface area contributed by atoms with Gasteiger partial charge < -0.3 is 4.74 Å². The van der Waals surface area contributed by atoms with E-state index in [1.165, 1.54) is 11.1 Å². The molecule has 0 spiro atoms. The van der Waals surface area contributed by atoms with Crippen molar-refractivity contribution >= 4 is 23.2 Å². The maximum absolute atomic E-state index is 6.18. The zero-order valence-corrected chi connectivity index (χ0v) is 12.7. The van der Waals surface area contributed by atoms with Crippen molar-refractivity contribution in [2.45, 2.75) is 33.6 Å². The molecule has 0 N–H and O–H groups in total. The van der Waals surface area contributed by atoms with Gasteiger partial charge in [-0.1, -0.05) is 32.4 Å². The number of ether oxygens (including phenoxy) is 1. The van der Waals surface area contributed by atoms with Crippen molar-refractivity contribution < 1.29 is 4.74 Å². The Bertz CT molecular complexity index is 435. The summed E-state index contributed by atoms with van der Waals surface area (Å²) < 4.78 is 5.74. The van der Waals surface area contributed by atoms with Gasteiger partial charge in [-0.15, -0.1) is 11.6 Å². The fourth-order valence-corrected chi connectivity index (χ4v) is 3.19. The van der Waals surface area contributed by atoms with Crippen LogP contribution in [0.1, 0.15) is 31.9 Å². The largest absolute Gasteiger partial charge is 0.493 e. The van der Waals surface area contributed by atoms with Crippen molar-refractivity contribution in [2.75, 3.05) is 12.5 Å². The number of hydrogen-bond donors (Lipinski definition) is 0. The molecule has 0 aliphatic carbocycles. The van der Waals surface area contributed by atoms with Gasteiger partial charge in [0.05, 0.1) is 6.61 Å². The first-order valence-electron chi connectivity index (χ1n) is 6.42. The summed E-state index contributed by atoms with van der Waals surface area (Å²) in [6.07, 6.45) is 1.89. The van der Waals surface area contributed by atoms with Crippen LogP contribution >= 0.6 is 23.2 Å². The van der Waals surface area contributed by atoms with Gasteiger partial charge in [0.1, 0.15) is 5.75 Å². The van der Waals surface area contributed by atoms with Crippen molar-refractivity contribution in [2.24, 2.45) is 11.3 Å². The fraction of sp³-hybridized carbons (Fsp3) is 0.600. The molecule has 0 bridgehead atoms. The minimum atomic E-state index is 0.190. The molecule has 2 rings (SSSR count). The SMILES string of the molecule is CC(C)(C)C(CCl)Cc1cc(Cl)cc2c1OCC2. The zero-order chi connectivity index (χ0) is 13.3. The molecule has 0 saturated carbocycles. The van der Waals surface area contributed by atoms with Crippen LogP contribution in [-0.4, -0.2) is 12.5 Å². The third-order valence-electron chi connectivity index (χ3n) is 3.70. The summed E-state index contributed by atoms with van der Waals surface area (Å²) in [5, 5.41) is 0.802. The normalized spacial score (nSPS) is 16.3. The Morgan fingerprint density at radius 1 is 1.33 bits per heavy atom. The Hall–Kier alpha value is -0.400. The summed E-state index contributed by atoms with van der Waals surface area (Å²) in [5.41, 5.74) is 2.63. The number of rotatable bonds is 3. The summed E-state index contributed by atoms with van der Waals surface area (Å²) in [6.45, 7) is 7.45. The molecule has 0 saturated heterocycles. The Morgan fingerprint density at radius 2 is 2.06 bits per heavy atom. The molecule has 1 heterocycles. The lowest BCUT2D eigenvalue weighted by Gasteiger charge is -2.29. The van der Waals surface area contributed by atoms with E-state index in [2.05, 4.69) is 20.8 Å². The molecule has 1 atom stereocenters. The number of alkyl halides is 1. The first kappa shape index (κ1) is 14.0. The second kappa shape index (κ2) is 5.30. The van der Waals surface area contributed by atoms with Crippen molar-refractivity contribution in [1.29, 1.82) is 0 Å². The van der Waals surface area contributed by atoms with Crippen LogP contribution in [0.15, 0.2) is 12.1 Å². The van der Waals surface area contributed by atoms with Gasteiger partial charge in [0.2, 0.25) is 0 Å². The molecule has 1 aliphatic rings. The number of halogens is 2. The second-order valence-electron chi connectivity index (χ2n) is 6.07. The lowest BCUT2D eigenvalue weighted by molar-refractivity contribution is 0.260. The third-order valence-corrected chi connectivity index (χ3v) is 4.29. The maximum Gasteiger partial charge on any atom is 0.125 e. The Morgan fingerprint density at radius 3 is 2.67 bits per heavy atom. The molecule has 0 radical (unpaired) electrons. The van der Waals surface area contributed by atoms with Gasteiger partial charge in [-0.2, -0.15) is 0 Å². The van der Waals surface area contributed by atoms with Crippen molar-refractivity contribution in [3.05, 3.63) is 28.3 Å². The highest BCUT2D eigenvalue weighted by molar-refractivity contribution is 6.30. The minimum absolute atomic E-state index is 0.190. The second-order valence-corrected chi connectivity index (χ2v) is 6.82. The molecule has 0 fully saturated rings. The van der Waals surface area contributed by atoms with E-state index in [-0.39, 0.29) is 5.41 Å². The lowest BCUT2D eigenvalue weighted by atomic mass is 9.78. The summed E-state index contributed by atoms with van der Waals surface area (Å²) in [7, 11) is 0. The monoisotopic (exact) mass is 286 g/mol. The molecule has 3 heteroatoms. The Balaban J connectivity index is 2.29. The van der Waals surface area contributed by atoms with Crippen LogP contribution in [0.5, 0.6) is 5.75 Å². The van der Waals surface area contributed by atoms with E-state index in [1.54, 1.807) is 0 Å². The first-order valence-corrected chi connectivity index (χ1v) is 7.33. The van der Waals surface area contributed by atoms with Crippen LogP contribution in [0.3, 0.4) is 0 Å².